The van der Waals surface area contributed by atoms with Crippen LogP contribution >= 0.6 is 0 Å². The highest BCUT2D eigenvalue weighted by Crippen LogP contribution is 2.34. The average molecular weight is 359 g/mol. The third kappa shape index (κ3) is 3.64. The van der Waals surface area contributed by atoms with Gasteiger partial charge in [0.2, 0.25) is 0 Å². The second-order valence-electron chi connectivity index (χ2n) is 6.98. The molecule has 2 atom stereocenters. The lowest BCUT2D eigenvalue weighted by Gasteiger charge is -2.32. The van der Waals surface area contributed by atoms with Gasteiger partial charge in [-0.1, -0.05) is 6.07 Å². The van der Waals surface area contributed by atoms with Crippen molar-refractivity contribution in [3.63, 3.8) is 0 Å². The molecule has 2 saturated heterocycles. The first kappa shape index (κ1) is 17.2. The maximum absolute atomic E-state index is 13.5. The van der Waals surface area contributed by atoms with Crippen LogP contribution < -0.4 is 0 Å². The van der Waals surface area contributed by atoms with Gasteiger partial charge in [-0.15, -0.1) is 0 Å². The molecule has 1 amide bonds. The van der Waals surface area contributed by atoms with E-state index >= 15 is 0 Å². The minimum atomic E-state index is -0.503. The summed E-state index contributed by atoms with van der Waals surface area (Å²) >= 11 is 0. The first-order chi connectivity index (χ1) is 12.6. The quantitative estimate of drug-likeness (QED) is 0.842. The molecule has 2 fully saturated rings. The lowest BCUT2D eigenvalue weighted by atomic mass is 9.99. The van der Waals surface area contributed by atoms with Gasteiger partial charge in [-0.3, -0.25) is 9.48 Å². The maximum atomic E-state index is 13.5. The van der Waals surface area contributed by atoms with Gasteiger partial charge in [0, 0.05) is 24.5 Å². The molecule has 0 bridgehead atoms. The van der Waals surface area contributed by atoms with Gasteiger partial charge in [-0.2, -0.15) is 5.10 Å². The van der Waals surface area contributed by atoms with E-state index in [1.807, 2.05) is 16.9 Å². The van der Waals surface area contributed by atoms with Crippen molar-refractivity contribution in [1.82, 2.24) is 14.7 Å². The van der Waals surface area contributed by atoms with Crippen LogP contribution in [0.25, 0.3) is 0 Å². The summed E-state index contributed by atoms with van der Waals surface area (Å²) < 4.78 is 27.4. The van der Waals surface area contributed by atoms with E-state index in [-0.39, 0.29) is 12.0 Å². The molecule has 2 aromatic rings. The molecule has 138 valence electrons. The number of hydrogen-bond donors (Lipinski definition) is 0. The Morgan fingerprint density at radius 2 is 2.31 bits per heavy atom. The number of carbonyl (C=O) groups excluding carboxylic acids is 1. The van der Waals surface area contributed by atoms with Crippen LogP contribution in [0, 0.1) is 5.82 Å². The van der Waals surface area contributed by atoms with Gasteiger partial charge in [0.15, 0.2) is 0 Å². The third-order valence-electron chi connectivity index (χ3n) is 5.00. The van der Waals surface area contributed by atoms with E-state index in [0.29, 0.717) is 38.4 Å². The van der Waals surface area contributed by atoms with Gasteiger partial charge >= 0.3 is 0 Å². The molecule has 0 N–H and O–H groups in total. The zero-order valence-corrected chi connectivity index (χ0v) is 14.5. The topological polar surface area (TPSA) is 56.6 Å². The number of carbonyl (C=O) groups is 1. The van der Waals surface area contributed by atoms with E-state index in [1.165, 1.54) is 12.1 Å². The lowest BCUT2D eigenvalue weighted by molar-refractivity contribution is -0.0881. The van der Waals surface area contributed by atoms with Crippen LogP contribution in [-0.2, 0) is 16.0 Å². The molecule has 0 saturated carbocycles. The standard InChI is InChI=1S/C19H22FN3O3/c20-16-4-1-3-15(11-16)18(24)22-9-10-25-14-19(13-22)6-5-17(26-19)12-23-8-2-7-21-23/h1-4,7-8,11,17H,5-6,9-10,12-14H2/t17-,19+/m0/s1. The molecule has 0 unspecified atom stereocenters. The zero-order valence-electron chi connectivity index (χ0n) is 14.5. The molecule has 0 radical (unpaired) electrons. The number of nitrogens with zero attached hydrogens (tertiary/aromatic N) is 3. The van der Waals surface area contributed by atoms with Gasteiger partial charge in [0.25, 0.3) is 5.91 Å². The molecule has 7 heteroatoms. The average Bonchev–Trinajstić information content (AvgIpc) is 3.22. The molecule has 1 aromatic carbocycles. The van der Waals surface area contributed by atoms with Crippen molar-refractivity contribution in [1.29, 1.82) is 0 Å². The number of aromatic nitrogens is 2. The smallest absolute Gasteiger partial charge is 0.254 e. The molecule has 2 aliphatic rings. The van der Waals surface area contributed by atoms with Crippen LogP contribution in [0.1, 0.15) is 23.2 Å². The monoisotopic (exact) mass is 359 g/mol. The zero-order chi connectivity index (χ0) is 18.0. The van der Waals surface area contributed by atoms with E-state index in [9.17, 15) is 9.18 Å². The number of amides is 1. The van der Waals surface area contributed by atoms with Crippen LogP contribution in [0.15, 0.2) is 42.7 Å². The Morgan fingerprint density at radius 3 is 3.12 bits per heavy atom. The Labute approximate surface area is 151 Å². The molecule has 1 spiro atoms. The second-order valence-corrected chi connectivity index (χ2v) is 6.98. The Bertz CT molecular complexity index is 767. The van der Waals surface area contributed by atoms with Gasteiger partial charge in [-0.05, 0) is 37.1 Å². The molecule has 6 nitrogen and oxygen atoms in total. The Kier molecular flexibility index (Phi) is 4.74. The molecule has 4 rings (SSSR count). The predicted molar refractivity (Wildman–Crippen MR) is 92.2 cm³/mol. The normalized spacial score (nSPS) is 26.2. The van der Waals surface area contributed by atoms with E-state index in [4.69, 9.17) is 9.47 Å². The Hall–Kier alpha value is -2.25. The fourth-order valence-electron chi connectivity index (χ4n) is 3.75. The highest BCUT2D eigenvalue weighted by atomic mass is 19.1. The largest absolute Gasteiger partial charge is 0.377 e. The summed E-state index contributed by atoms with van der Waals surface area (Å²) in [5.41, 5.74) is -0.148. The molecule has 26 heavy (non-hydrogen) atoms. The summed E-state index contributed by atoms with van der Waals surface area (Å²) in [6.45, 7) is 2.54. The van der Waals surface area contributed by atoms with Crippen molar-refractivity contribution >= 4 is 5.91 Å². The van der Waals surface area contributed by atoms with E-state index in [2.05, 4.69) is 5.10 Å². The highest BCUT2D eigenvalue weighted by Gasteiger charge is 2.44. The van der Waals surface area contributed by atoms with E-state index < -0.39 is 11.4 Å². The molecular weight excluding hydrogens is 337 g/mol. The summed E-state index contributed by atoms with van der Waals surface area (Å²) in [6.07, 6.45) is 5.43. The Balaban J connectivity index is 1.46. The summed E-state index contributed by atoms with van der Waals surface area (Å²) in [7, 11) is 0. The Morgan fingerprint density at radius 1 is 1.38 bits per heavy atom. The highest BCUT2D eigenvalue weighted by molar-refractivity contribution is 5.94. The number of rotatable bonds is 3. The third-order valence-corrected chi connectivity index (χ3v) is 5.00. The summed E-state index contributed by atoms with van der Waals surface area (Å²) in [5, 5.41) is 4.23. The second kappa shape index (κ2) is 7.17. The van der Waals surface area contributed by atoms with Crippen molar-refractivity contribution in [2.45, 2.75) is 31.1 Å². The number of halogens is 1. The minimum Gasteiger partial charge on any atom is -0.377 e. The van der Waals surface area contributed by atoms with Crippen molar-refractivity contribution < 1.29 is 18.7 Å². The summed E-state index contributed by atoms with van der Waals surface area (Å²) in [5.74, 6) is -0.596. The molecule has 1 aromatic heterocycles. The summed E-state index contributed by atoms with van der Waals surface area (Å²) in [4.78, 5) is 14.5. The number of benzene rings is 1. The van der Waals surface area contributed by atoms with Crippen LogP contribution in [0.2, 0.25) is 0 Å². The van der Waals surface area contributed by atoms with Gasteiger partial charge in [-0.25, -0.2) is 4.39 Å². The van der Waals surface area contributed by atoms with Crippen molar-refractivity contribution in [3.8, 4) is 0 Å². The lowest BCUT2D eigenvalue weighted by Crippen LogP contribution is -2.46. The fraction of sp³-hybridized carbons (Fsp3) is 0.474. The SMILES string of the molecule is O=C(c1cccc(F)c1)N1CCOC[C@@]2(CC[C@@H](Cn3cccn3)O2)C1. The van der Waals surface area contributed by atoms with E-state index in [0.717, 1.165) is 12.8 Å². The van der Waals surface area contributed by atoms with Gasteiger partial charge in [0.05, 0.1) is 32.4 Å². The van der Waals surface area contributed by atoms with Crippen molar-refractivity contribution in [2.24, 2.45) is 0 Å². The van der Waals surface area contributed by atoms with E-state index in [1.54, 1.807) is 23.2 Å². The molecule has 2 aliphatic heterocycles. The van der Waals surface area contributed by atoms with Crippen LogP contribution in [0.3, 0.4) is 0 Å². The maximum Gasteiger partial charge on any atom is 0.254 e. The molecule has 0 aliphatic carbocycles. The van der Waals surface area contributed by atoms with Gasteiger partial charge in [0.1, 0.15) is 11.4 Å². The number of hydrogen-bond acceptors (Lipinski definition) is 4. The molecule has 3 heterocycles. The molecular formula is C19H22FN3O3. The summed E-state index contributed by atoms with van der Waals surface area (Å²) in [6, 6.07) is 7.69. The van der Waals surface area contributed by atoms with Crippen molar-refractivity contribution in [2.75, 3.05) is 26.3 Å². The fourth-order valence-corrected chi connectivity index (χ4v) is 3.75. The number of ether oxygens (including phenoxy) is 2. The van der Waals surface area contributed by atoms with Crippen LogP contribution in [-0.4, -0.2) is 58.6 Å². The van der Waals surface area contributed by atoms with Crippen molar-refractivity contribution in [3.05, 3.63) is 54.1 Å². The first-order valence-corrected chi connectivity index (χ1v) is 8.91. The van der Waals surface area contributed by atoms with Crippen LogP contribution in [0.4, 0.5) is 4.39 Å². The van der Waals surface area contributed by atoms with Crippen LogP contribution in [0.5, 0.6) is 0 Å². The minimum absolute atomic E-state index is 0.0442. The van der Waals surface area contributed by atoms with Gasteiger partial charge < -0.3 is 14.4 Å². The predicted octanol–water partition coefficient (Wildman–Crippen LogP) is 2.11. The first-order valence-electron chi connectivity index (χ1n) is 8.91.